The molecule has 0 radical (unpaired) electrons. The van der Waals surface area contributed by atoms with Crippen molar-refractivity contribution in [2.75, 3.05) is 14.2 Å². The predicted molar refractivity (Wildman–Crippen MR) is 72.0 cm³/mol. The van der Waals surface area contributed by atoms with E-state index in [0.29, 0.717) is 17.9 Å². The molecular weight excluding hydrogens is 264 g/mol. The first kappa shape index (κ1) is 13.5. The largest absolute Gasteiger partial charge is 0.487 e. The smallest absolute Gasteiger partial charge is 0.277 e. The van der Waals surface area contributed by atoms with E-state index in [1.807, 2.05) is 5.38 Å². The lowest BCUT2D eigenvalue weighted by molar-refractivity contribution is -0.0757. The molecule has 0 unspecified atom stereocenters. The summed E-state index contributed by atoms with van der Waals surface area (Å²) >= 11 is 1.52. The van der Waals surface area contributed by atoms with Gasteiger partial charge in [-0.2, -0.15) is 0 Å². The summed E-state index contributed by atoms with van der Waals surface area (Å²) in [6.45, 7) is 0.390. The summed E-state index contributed by atoms with van der Waals surface area (Å²) in [7, 11) is 3.01. The van der Waals surface area contributed by atoms with Crippen LogP contribution < -0.4 is 4.74 Å². The van der Waals surface area contributed by atoms with Crippen molar-refractivity contribution in [1.29, 1.82) is 0 Å². The molecule has 0 aliphatic rings. The normalized spacial score (nSPS) is 10.2. The van der Waals surface area contributed by atoms with Gasteiger partial charge in [-0.3, -0.25) is 9.63 Å². The zero-order valence-electron chi connectivity index (χ0n) is 10.7. The third-order valence-corrected chi connectivity index (χ3v) is 3.15. The maximum absolute atomic E-state index is 11.9. The molecule has 0 atom stereocenters. The molecule has 0 spiro atoms. The molecule has 19 heavy (non-hydrogen) atoms. The maximum atomic E-state index is 11.9. The minimum Gasteiger partial charge on any atom is -0.487 e. The first-order valence-corrected chi connectivity index (χ1v) is 6.57. The van der Waals surface area contributed by atoms with Gasteiger partial charge in [0.1, 0.15) is 12.4 Å². The van der Waals surface area contributed by atoms with Crippen LogP contribution >= 0.6 is 11.3 Å². The Morgan fingerprint density at radius 2 is 2.32 bits per heavy atom. The number of amides is 1. The summed E-state index contributed by atoms with van der Waals surface area (Å²) in [4.78, 5) is 20.9. The van der Waals surface area contributed by atoms with E-state index in [2.05, 4.69) is 4.98 Å². The highest BCUT2D eigenvalue weighted by Gasteiger charge is 2.11. The van der Waals surface area contributed by atoms with E-state index >= 15 is 0 Å². The van der Waals surface area contributed by atoms with Crippen LogP contribution in [0, 0.1) is 0 Å². The molecule has 0 saturated carbocycles. The van der Waals surface area contributed by atoms with Gasteiger partial charge in [-0.25, -0.2) is 10.0 Å². The fourth-order valence-electron chi connectivity index (χ4n) is 1.45. The van der Waals surface area contributed by atoms with Gasteiger partial charge in [0.05, 0.1) is 18.3 Å². The number of thiazole rings is 1. The summed E-state index contributed by atoms with van der Waals surface area (Å²) in [6, 6.07) is 6.97. The first-order valence-electron chi connectivity index (χ1n) is 5.63. The molecule has 5 nitrogen and oxygen atoms in total. The van der Waals surface area contributed by atoms with Crippen molar-refractivity contribution in [2.24, 2.45) is 0 Å². The maximum Gasteiger partial charge on any atom is 0.277 e. The molecule has 2 aromatic rings. The molecule has 1 aromatic carbocycles. The molecule has 0 fully saturated rings. The van der Waals surface area contributed by atoms with E-state index in [1.165, 1.54) is 23.5 Å². The van der Waals surface area contributed by atoms with Crippen LogP contribution in [0.2, 0.25) is 0 Å². The Kier molecular flexibility index (Phi) is 4.48. The average Bonchev–Trinajstić information content (AvgIpc) is 2.97. The van der Waals surface area contributed by atoms with Gasteiger partial charge in [0.2, 0.25) is 0 Å². The Balaban J connectivity index is 2.04. The number of hydrogen-bond donors (Lipinski definition) is 0. The summed E-state index contributed by atoms with van der Waals surface area (Å²) in [5, 5.41) is 3.09. The van der Waals surface area contributed by atoms with Crippen molar-refractivity contribution in [3.8, 4) is 5.75 Å². The van der Waals surface area contributed by atoms with Crippen LogP contribution in [0.25, 0.3) is 0 Å². The number of benzene rings is 1. The number of rotatable bonds is 5. The van der Waals surface area contributed by atoms with Gasteiger partial charge < -0.3 is 4.74 Å². The molecule has 6 heteroatoms. The third kappa shape index (κ3) is 3.52. The number of aromatic nitrogens is 1. The number of hydrogen-bond acceptors (Lipinski definition) is 5. The van der Waals surface area contributed by atoms with E-state index in [-0.39, 0.29) is 5.91 Å². The van der Waals surface area contributed by atoms with Gasteiger partial charge in [0.25, 0.3) is 5.91 Å². The van der Waals surface area contributed by atoms with E-state index in [1.54, 1.807) is 36.8 Å². The van der Waals surface area contributed by atoms with Crippen LogP contribution in [0.1, 0.15) is 16.1 Å². The SMILES string of the molecule is CON(C)C(=O)c1cccc(OCc2cscn2)c1. The number of carbonyl (C=O) groups excluding carboxylic acids is 1. The third-order valence-electron chi connectivity index (χ3n) is 2.51. The number of carbonyl (C=O) groups is 1. The van der Waals surface area contributed by atoms with Gasteiger partial charge in [0, 0.05) is 18.0 Å². The zero-order chi connectivity index (χ0) is 13.7. The molecule has 0 saturated heterocycles. The van der Waals surface area contributed by atoms with Gasteiger partial charge >= 0.3 is 0 Å². The first-order chi connectivity index (χ1) is 9.20. The molecule has 0 aliphatic heterocycles. The summed E-state index contributed by atoms with van der Waals surface area (Å²) in [5.74, 6) is 0.407. The van der Waals surface area contributed by atoms with Crippen molar-refractivity contribution in [3.05, 3.63) is 46.4 Å². The van der Waals surface area contributed by atoms with Gasteiger partial charge in [-0.05, 0) is 18.2 Å². The summed E-state index contributed by atoms with van der Waals surface area (Å²) in [5.41, 5.74) is 3.14. The Bertz CT molecular complexity index is 543. The standard InChI is InChI=1S/C13H14N2O3S/c1-15(17-2)13(16)10-4-3-5-12(6-10)18-7-11-8-19-9-14-11/h3-6,8-9H,7H2,1-2H3. The highest BCUT2D eigenvalue weighted by Crippen LogP contribution is 2.16. The lowest BCUT2D eigenvalue weighted by Crippen LogP contribution is -2.25. The van der Waals surface area contributed by atoms with E-state index in [0.717, 1.165) is 5.69 Å². The van der Waals surface area contributed by atoms with Crippen molar-refractivity contribution < 1.29 is 14.4 Å². The monoisotopic (exact) mass is 278 g/mol. The topological polar surface area (TPSA) is 51.7 Å². The van der Waals surface area contributed by atoms with Crippen molar-refractivity contribution >= 4 is 17.2 Å². The molecule has 0 N–H and O–H groups in total. The lowest BCUT2D eigenvalue weighted by Gasteiger charge is -2.14. The van der Waals surface area contributed by atoms with E-state index in [9.17, 15) is 4.79 Å². The molecule has 1 amide bonds. The molecule has 2 rings (SSSR count). The second-order valence-corrected chi connectivity index (χ2v) is 4.50. The number of ether oxygens (including phenoxy) is 1. The van der Waals surface area contributed by atoms with Crippen LogP contribution in [0.15, 0.2) is 35.2 Å². The average molecular weight is 278 g/mol. The van der Waals surface area contributed by atoms with Crippen LogP contribution in [-0.4, -0.2) is 30.1 Å². The second kappa shape index (κ2) is 6.31. The summed E-state index contributed by atoms with van der Waals surface area (Å²) < 4.78 is 5.59. The van der Waals surface area contributed by atoms with E-state index in [4.69, 9.17) is 9.57 Å². The zero-order valence-corrected chi connectivity index (χ0v) is 11.5. The minimum atomic E-state index is -0.221. The van der Waals surface area contributed by atoms with Gasteiger partial charge in [0.15, 0.2) is 0 Å². The highest BCUT2D eigenvalue weighted by atomic mass is 32.1. The van der Waals surface area contributed by atoms with Crippen LogP contribution in [0.3, 0.4) is 0 Å². The molecule has 100 valence electrons. The van der Waals surface area contributed by atoms with Crippen LogP contribution in [-0.2, 0) is 11.4 Å². The fourth-order valence-corrected chi connectivity index (χ4v) is 1.99. The van der Waals surface area contributed by atoms with Crippen LogP contribution in [0.4, 0.5) is 0 Å². The quantitative estimate of drug-likeness (QED) is 0.788. The molecule has 0 aliphatic carbocycles. The predicted octanol–water partition coefficient (Wildman–Crippen LogP) is 2.36. The minimum absolute atomic E-state index is 0.221. The van der Waals surface area contributed by atoms with Crippen molar-refractivity contribution in [1.82, 2.24) is 10.0 Å². The van der Waals surface area contributed by atoms with Crippen molar-refractivity contribution in [2.45, 2.75) is 6.61 Å². The molecule has 0 bridgehead atoms. The Hall–Kier alpha value is -1.92. The van der Waals surface area contributed by atoms with Gasteiger partial charge in [-0.15, -0.1) is 11.3 Å². The fraction of sp³-hybridized carbons (Fsp3) is 0.231. The summed E-state index contributed by atoms with van der Waals surface area (Å²) in [6.07, 6.45) is 0. The second-order valence-electron chi connectivity index (χ2n) is 3.78. The molecule has 1 aromatic heterocycles. The van der Waals surface area contributed by atoms with E-state index < -0.39 is 0 Å². The number of nitrogens with zero attached hydrogens (tertiary/aromatic N) is 2. The van der Waals surface area contributed by atoms with Gasteiger partial charge in [-0.1, -0.05) is 6.07 Å². The Morgan fingerprint density at radius 3 is 3.00 bits per heavy atom. The van der Waals surface area contributed by atoms with Crippen molar-refractivity contribution in [3.63, 3.8) is 0 Å². The molecule has 1 heterocycles. The lowest BCUT2D eigenvalue weighted by atomic mass is 10.2. The Labute approximate surface area is 115 Å². The molecular formula is C13H14N2O3S. The Morgan fingerprint density at radius 1 is 1.47 bits per heavy atom. The highest BCUT2D eigenvalue weighted by molar-refractivity contribution is 7.07. The van der Waals surface area contributed by atoms with Crippen LogP contribution in [0.5, 0.6) is 5.75 Å². The number of hydroxylamine groups is 2.